The van der Waals surface area contributed by atoms with Gasteiger partial charge in [0.1, 0.15) is 5.65 Å². The summed E-state index contributed by atoms with van der Waals surface area (Å²) in [6, 6.07) is 42.9. The van der Waals surface area contributed by atoms with E-state index in [1.54, 1.807) is 0 Å². The smallest absolute Gasteiger partial charge is 0.263 e. The second-order valence-electron chi connectivity index (χ2n) is 9.60. The minimum Gasteiger partial charge on any atom is -0.292 e. The van der Waals surface area contributed by atoms with Gasteiger partial charge >= 0.3 is 0 Å². The van der Waals surface area contributed by atoms with E-state index in [2.05, 4.69) is 46.9 Å². The molecular formula is C34H21N3O. The fraction of sp³-hybridized carbons (Fsp3) is 0. The number of hydrogen-bond acceptors (Lipinski definition) is 2. The Morgan fingerprint density at radius 2 is 1.21 bits per heavy atom. The molecule has 8 aromatic rings. The van der Waals surface area contributed by atoms with Crippen molar-refractivity contribution >= 4 is 49.3 Å². The van der Waals surface area contributed by atoms with Gasteiger partial charge < -0.3 is 0 Å². The summed E-state index contributed by atoms with van der Waals surface area (Å²) >= 11 is 0. The molecule has 0 atom stereocenters. The second-order valence-corrected chi connectivity index (χ2v) is 9.60. The summed E-state index contributed by atoms with van der Waals surface area (Å²) in [6.07, 6.45) is 0. The number of para-hydroxylation sites is 3. The molecule has 8 rings (SSSR count). The van der Waals surface area contributed by atoms with Gasteiger partial charge in [0, 0.05) is 21.8 Å². The summed E-state index contributed by atoms with van der Waals surface area (Å²) in [5, 5.41) is 3.56. The van der Waals surface area contributed by atoms with Gasteiger partial charge in [-0.3, -0.25) is 13.8 Å². The molecule has 0 amide bonds. The Hall–Kier alpha value is -5.22. The Morgan fingerprint density at radius 3 is 2.05 bits per heavy atom. The molecule has 0 aliphatic carbocycles. The summed E-state index contributed by atoms with van der Waals surface area (Å²) in [5.74, 6) is 0. The topological polar surface area (TPSA) is 39.3 Å². The first-order valence-corrected chi connectivity index (χ1v) is 12.7. The molecule has 0 fully saturated rings. The van der Waals surface area contributed by atoms with Crippen LogP contribution in [0.2, 0.25) is 0 Å². The predicted octanol–water partition coefficient (Wildman–Crippen LogP) is 7.77. The van der Waals surface area contributed by atoms with E-state index in [1.807, 2.05) is 89.5 Å². The largest absolute Gasteiger partial charge is 0.292 e. The number of aromatic nitrogens is 3. The molecule has 3 aromatic heterocycles. The molecular weight excluding hydrogens is 466 g/mol. The van der Waals surface area contributed by atoms with Crippen LogP contribution >= 0.6 is 0 Å². The number of hydrogen-bond donors (Lipinski definition) is 0. The van der Waals surface area contributed by atoms with Crippen LogP contribution < -0.4 is 5.56 Å². The molecule has 0 unspecified atom stereocenters. The highest BCUT2D eigenvalue weighted by molar-refractivity contribution is 6.22. The van der Waals surface area contributed by atoms with Gasteiger partial charge in [0.25, 0.3) is 5.56 Å². The third-order valence-electron chi connectivity index (χ3n) is 7.49. The lowest BCUT2D eigenvalue weighted by atomic mass is 10.0. The van der Waals surface area contributed by atoms with Crippen LogP contribution in [-0.2, 0) is 0 Å². The molecule has 178 valence electrons. The maximum atomic E-state index is 14.3. The maximum Gasteiger partial charge on any atom is 0.263 e. The van der Waals surface area contributed by atoms with Crippen LogP contribution in [0.1, 0.15) is 0 Å². The summed E-state index contributed by atoms with van der Waals surface area (Å²) in [7, 11) is 0. The zero-order chi connectivity index (χ0) is 25.2. The molecule has 38 heavy (non-hydrogen) atoms. The molecule has 0 N–H and O–H groups in total. The fourth-order valence-corrected chi connectivity index (χ4v) is 5.84. The third-order valence-corrected chi connectivity index (χ3v) is 7.49. The van der Waals surface area contributed by atoms with Gasteiger partial charge in [0.2, 0.25) is 0 Å². The zero-order valence-electron chi connectivity index (χ0n) is 20.4. The van der Waals surface area contributed by atoms with E-state index in [9.17, 15) is 4.79 Å². The van der Waals surface area contributed by atoms with Crippen molar-refractivity contribution in [3.8, 4) is 16.8 Å². The van der Waals surface area contributed by atoms with Crippen molar-refractivity contribution in [2.45, 2.75) is 0 Å². The van der Waals surface area contributed by atoms with E-state index >= 15 is 0 Å². The van der Waals surface area contributed by atoms with Gasteiger partial charge in [-0.05, 0) is 47.5 Å². The van der Waals surface area contributed by atoms with E-state index in [0.29, 0.717) is 5.39 Å². The van der Waals surface area contributed by atoms with Crippen LogP contribution in [0.15, 0.2) is 132 Å². The number of pyridine rings is 2. The highest BCUT2D eigenvalue weighted by Crippen LogP contribution is 2.36. The Kier molecular flexibility index (Phi) is 4.34. The van der Waals surface area contributed by atoms with Gasteiger partial charge in [-0.2, -0.15) is 0 Å². The van der Waals surface area contributed by atoms with E-state index < -0.39 is 0 Å². The van der Waals surface area contributed by atoms with Crippen LogP contribution in [0.25, 0.3) is 66.1 Å². The summed E-state index contributed by atoms with van der Waals surface area (Å²) in [5.41, 5.74) is 7.69. The quantitative estimate of drug-likeness (QED) is 0.234. The first-order chi connectivity index (χ1) is 18.8. The third kappa shape index (κ3) is 2.86. The Labute approximate surface area is 217 Å². The average Bonchev–Trinajstić information content (AvgIpc) is 3.38. The SMILES string of the molecule is O=c1c2ccccc2c2c(c3ccccc3n3c4ccccc4nc23)n1-c1cccc(-c2ccccc2)c1. The van der Waals surface area contributed by atoms with Crippen molar-refractivity contribution in [1.29, 1.82) is 0 Å². The van der Waals surface area contributed by atoms with Crippen molar-refractivity contribution in [3.05, 3.63) is 138 Å². The first-order valence-electron chi connectivity index (χ1n) is 12.7. The van der Waals surface area contributed by atoms with Gasteiger partial charge in [0.15, 0.2) is 0 Å². The molecule has 0 aliphatic rings. The maximum absolute atomic E-state index is 14.3. The van der Waals surface area contributed by atoms with E-state index in [4.69, 9.17) is 4.98 Å². The summed E-state index contributed by atoms with van der Waals surface area (Å²) in [4.78, 5) is 19.4. The Morgan fingerprint density at radius 1 is 0.553 bits per heavy atom. The molecule has 0 aliphatic heterocycles. The average molecular weight is 488 g/mol. The number of fused-ring (bicyclic) bond motifs is 10. The van der Waals surface area contributed by atoms with Gasteiger partial charge in [-0.25, -0.2) is 4.98 Å². The van der Waals surface area contributed by atoms with Crippen LogP contribution in [-0.4, -0.2) is 14.0 Å². The van der Waals surface area contributed by atoms with Crippen molar-refractivity contribution < 1.29 is 0 Å². The van der Waals surface area contributed by atoms with Crippen molar-refractivity contribution in [3.63, 3.8) is 0 Å². The zero-order valence-corrected chi connectivity index (χ0v) is 20.4. The van der Waals surface area contributed by atoms with E-state index in [1.165, 1.54) is 0 Å². The van der Waals surface area contributed by atoms with Gasteiger partial charge in [0.05, 0.1) is 27.5 Å². The molecule has 4 heteroatoms. The van der Waals surface area contributed by atoms with E-state index in [0.717, 1.165) is 60.7 Å². The number of rotatable bonds is 2. The number of imidazole rings is 1. The van der Waals surface area contributed by atoms with Gasteiger partial charge in [-0.1, -0.05) is 91.0 Å². The van der Waals surface area contributed by atoms with Gasteiger partial charge in [-0.15, -0.1) is 0 Å². The van der Waals surface area contributed by atoms with Crippen molar-refractivity contribution in [2.24, 2.45) is 0 Å². The minimum absolute atomic E-state index is 0.0380. The van der Waals surface area contributed by atoms with Crippen LogP contribution in [0, 0.1) is 0 Å². The fourth-order valence-electron chi connectivity index (χ4n) is 5.84. The lowest BCUT2D eigenvalue weighted by molar-refractivity contribution is 1.06. The molecule has 4 nitrogen and oxygen atoms in total. The minimum atomic E-state index is -0.0380. The van der Waals surface area contributed by atoms with E-state index in [-0.39, 0.29) is 5.56 Å². The molecule has 0 saturated heterocycles. The normalized spacial score (nSPS) is 11.8. The first kappa shape index (κ1) is 20.9. The highest BCUT2D eigenvalue weighted by Gasteiger charge is 2.21. The predicted molar refractivity (Wildman–Crippen MR) is 156 cm³/mol. The highest BCUT2D eigenvalue weighted by atomic mass is 16.1. The van der Waals surface area contributed by atoms with Crippen LogP contribution in [0.3, 0.4) is 0 Å². The summed E-state index contributed by atoms with van der Waals surface area (Å²) in [6.45, 7) is 0. The molecule has 3 heterocycles. The molecule has 0 spiro atoms. The van der Waals surface area contributed by atoms with Crippen molar-refractivity contribution in [2.75, 3.05) is 0 Å². The number of nitrogens with zero attached hydrogens (tertiary/aromatic N) is 3. The molecule has 0 radical (unpaired) electrons. The monoisotopic (exact) mass is 487 g/mol. The second kappa shape index (κ2) is 7.89. The standard InChI is InChI=1S/C34H21N3O/c38-34-26-16-5-4-15-25(26)31-32(36(34)24-14-10-13-23(21-24)22-11-2-1-3-12-22)27-17-6-8-19-29(27)37-30-20-9-7-18-28(30)35-33(31)37/h1-21H. The van der Waals surface area contributed by atoms with Crippen molar-refractivity contribution in [1.82, 2.24) is 14.0 Å². The molecule has 5 aromatic carbocycles. The lowest BCUT2D eigenvalue weighted by Gasteiger charge is -2.18. The Balaban J connectivity index is 1.64. The van der Waals surface area contributed by atoms with Crippen LogP contribution in [0.5, 0.6) is 0 Å². The summed E-state index contributed by atoms with van der Waals surface area (Å²) < 4.78 is 4.11. The molecule has 0 saturated carbocycles. The molecule has 0 bridgehead atoms. The number of benzene rings is 5. The Bertz CT molecular complexity index is 2260. The lowest BCUT2D eigenvalue weighted by Crippen LogP contribution is -2.20. The van der Waals surface area contributed by atoms with Crippen LogP contribution in [0.4, 0.5) is 0 Å².